The topological polar surface area (TPSA) is 64.6 Å². The fourth-order valence-corrected chi connectivity index (χ4v) is 4.25. The highest BCUT2D eigenvalue weighted by atomic mass is 16.6. The molecule has 5 heteroatoms. The van der Waals surface area contributed by atoms with Crippen LogP contribution in [0.25, 0.3) is 6.08 Å². The van der Waals surface area contributed by atoms with Gasteiger partial charge in [-0.2, -0.15) is 0 Å². The number of fused-ring (bicyclic) bond motifs is 3. The van der Waals surface area contributed by atoms with Gasteiger partial charge in [0.15, 0.2) is 0 Å². The first-order valence-corrected chi connectivity index (χ1v) is 9.62. The van der Waals surface area contributed by atoms with Crippen LogP contribution in [0.3, 0.4) is 0 Å². The number of carbonyl (C=O) groups is 2. The van der Waals surface area contributed by atoms with Gasteiger partial charge in [-0.3, -0.25) is 0 Å². The summed E-state index contributed by atoms with van der Waals surface area (Å²) in [6.45, 7) is 5.65. The van der Waals surface area contributed by atoms with E-state index in [-0.39, 0.29) is 18.1 Å². The maximum absolute atomic E-state index is 12.3. The highest BCUT2D eigenvalue weighted by molar-refractivity contribution is 5.86. The number of methoxy groups -OCH3 is 1. The second-order valence-electron chi connectivity index (χ2n) is 8.56. The summed E-state index contributed by atoms with van der Waals surface area (Å²) in [5.41, 5.74) is 3.16. The van der Waals surface area contributed by atoms with Crippen molar-refractivity contribution in [2.75, 3.05) is 7.11 Å². The van der Waals surface area contributed by atoms with E-state index in [0.29, 0.717) is 11.8 Å². The van der Waals surface area contributed by atoms with Gasteiger partial charge in [-0.1, -0.05) is 18.2 Å². The number of nitrogens with one attached hydrogen (secondary N) is 1. The maximum atomic E-state index is 12.3. The van der Waals surface area contributed by atoms with Gasteiger partial charge in [-0.25, -0.2) is 9.59 Å². The number of hydrogen-bond acceptors (Lipinski definition) is 4. The minimum absolute atomic E-state index is 0.154. The molecule has 0 heterocycles. The molecule has 1 aromatic rings. The van der Waals surface area contributed by atoms with Crippen molar-refractivity contribution in [2.24, 2.45) is 11.8 Å². The largest absolute Gasteiger partial charge is 0.466 e. The van der Waals surface area contributed by atoms with Crippen LogP contribution in [0.15, 0.2) is 24.3 Å². The molecule has 27 heavy (non-hydrogen) atoms. The van der Waals surface area contributed by atoms with E-state index in [1.54, 1.807) is 6.08 Å². The number of carbonyl (C=O) groups excluding carboxylic acids is 2. The summed E-state index contributed by atoms with van der Waals surface area (Å²) in [4.78, 5) is 23.6. The molecule has 1 N–H and O–H groups in total. The predicted molar refractivity (Wildman–Crippen MR) is 104 cm³/mol. The Morgan fingerprint density at radius 3 is 2.41 bits per heavy atom. The number of hydrogen-bond donors (Lipinski definition) is 1. The van der Waals surface area contributed by atoms with Gasteiger partial charge >= 0.3 is 12.1 Å². The maximum Gasteiger partial charge on any atom is 0.407 e. The van der Waals surface area contributed by atoms with E-state index in [2.05, 4.69) is 22.2 Å². The van der Waals surface area contributed by atoms with Gasteiger partial charge in [0.25, 0.3) is 0 Å². The molecule has 3 atom stereocenters. The molecule has 1 saturated carbocycles. The Hall–Kier alpha value is -2.30. The molecular formula is C22H29NO4. The molecule has 1 aromatic carbocycles. The molecule has 0 radical (unpaired) electrons. The van der Waals surface area contributed by atoms with Crippen LogP contribution < -0.4 is 5.32 Å². The van der Waals surface area contributed by atoms with Crippen molar-refractivity contribution in [3.63, 3.8) is 0 Å². The summed E-state index contributed by atoms with van der Waals surface area (Å²) in [6, 6.07) is 6.49. The molecule has 146 valence electrons. The van der Waals surface area contributed by atoms with Gasteiger partial charge in [0.05, 0.1) is 7.11 Å². The molecule has 2 aliphatic carbocycles. The molecule has 1 amide bonds. The predicted octanol–water partition coefficient (Wildman–Crippen LogP) is 3.89. The quantitative estimate of drug-likeness (QED) is 0.647. The van der Waals surface area contributed by atoms with Crippen LogP contribution >= 0.6 is 0 Å². The van der Waals surface area contributed by atoms with Crippen molar-refractivity contribution in [1.82, 2.24) is 5.32 Å². The van der Waals surface area contributed by atoms with Gasteiger partial charge in [-0.05, 0) is 81.1 Å². The number of rotatable bonds is 3. The van der Waals surface area contributed by atoms with Crippen LogP contribution in [0.4, 0.5) is 4.79 Å². The minimum atomic E-state index is -0.488. The first-order valence-electron chi connectivity index (χ1n) is 9.62. The van der Waals surface area contributed by atoms with Crippen molar-refractivity contribution >= 4 is 18.1 Å². The number of benzene rings is 1. The Morgan fingerprint density at radius 1 is 1.11 bits per heavy atom. The van der Waals surface area contributed by atoms with Crippen LogP contribution in [0.5, 0.6) is 0 Å². The molecule has 0 aromatic heterocycles. The Kier molecular flexibility index (Phi) is 5.59. The van der Waals surface area contributed by atoms with E-state index < -0.39 is 5.60 Å². The first kappa shape index (κ1) is 19.5. The lowest BCUT2D eigenvalue weighted by Gasteiger charge is -2.26. The number of alkyl carbamates (subject to hydrolysis) is 1. The summed E-state index contributed by atoms with van der Waals surface area (Å²) in [6.07, 6.45) is 7.06. The summed E-state index contributed by atoms with van der Waals surface area (Å²) < 4.78 is 10.1. The van der Waals surface area contributed by atoms with Crippen molar-refractivity contribution in [3.8, 4) is 0 Å². The van der Waals surface area contributed by atoms with Crippen LogP contribution in [-0.2, 0) is 27.1 Å². The first-order chi connectivity index (χ1) is 12.7. The summed E-state index contributed by atoms with van der Waals surface area (Å²) in [5, 5.41) is 3.14. The minimum Gasteiger partial charge on any atom is -0.466 e. The van der Waals surface area contributed by atoms with Gasteiger partial charge in [0, 0.05) is 12.1 Å². The Labute approximate surface area is 161 Å². The van der Waals surface area contributed by atoms with Gasteiger partial charge < -0.3 is 14.8 Å². The number of esters is 1. The molecule has 0 aliphatic heterocycles. The van der Waals surface area contributed by atoms with E-state index in [0.717, 1.165) is 31.2 Å². The molecule has 0 saturated heterocycles. The van der Waals surface area contributed by atoms with Crippen LogP contribution in [-0.4, -0.2) is 30.8 Å². The second kappa shape index (κ2) is 7.75. The fourth-order valence-electron chi connectivity index (χ4n) is 4.25. The Balaban J connectivity index is 1.74. The Morgan fingerprint density at radius 2 is 1.78 bits per heavy atom. The molecule has 3 rings (SSSR count). The molecule has 3 unspecified atom stereocenters. The molecule has 2 aliphatic rings. The van der Waals surface area contributed by atoms with Gasteiger partial charge in [-0.15, -0.1) is 0 Å². The highest BCUT2D eigenvalue weighted by Gasteiger charge is 2.40. The summed E-state index contributed by atoms with van der Waals surface area (Å²) >= 11 is 0. The molecule has 1 fully saturated rings. The number of amides is 1. The van der Waals surface area contributed by atoms with Crippen molar-refractivity contribution < 1.29 is 19.1 Å². The molecule has 5 nitrogen and oxygen atoms in total. The van der Waals surface area contributed by atoms with Crippen LogP contribution in [0.2, 0.25) is 0 Å². The normalized spacial score (nSPS) is 24.2. The average molecular weight is 371 g/mol. The van der Waals surface area contributed by atoms with Gasteiger partial charge in [0.2, 0.25) is 0 Å². The lowest BCUT2D eigenvalue weighted by atomic mass is 9.92. The zero-order valence-electron chi connectivity index (χ0n) is 16.6. The Bertz CT molecular complexity index is 747. The molecule has 0 spiro atoms. The molecule has 2 bridgehead atoms. The van der Waals surface area contributed by atoms with Crippen molar-refractivity contribution in [2.45, 2.75) is 58.1 Å². The van der Waals surface area contributed by atoms with E-state index in [1.165, 1.54) is 24.3 Å². The van der Waals surface area contributed by atoms with E-state index >= 15 is 0 Å². The average Bonchev–Trinajstić information content (AvgIpc) is 2.85. The third-order valence-corrected chi connectivity index (χ3v) is 5.41. The van der Waals surface area contributed by atoms with E-state index in [1.807, 2.05) is 26.8 Å². The highest BCUT2D eigenvalue weighted by Crippen LogP contribution is 2.40. The third-order valence-electron chi connectivity index (χ3n) is 5.41. The van der Waals surface area contributed by atoms with Crippen LogP contribution in [0.1, 0.15) is 50.3 Å². The smallest absolute Gasteiger partial charge is 0.407 e. The lowest BCUT2D eigenvalue weighted by Crippen LogP contribution is -2.44. The van der Waals surface area contributed by atoms with Gasteiger partial charge in [0.1, 0.15) is 5.60 Å². The van der Waals surface area contributed by atoms with Crippen molar-refractivity contribution in [3.05, 3.63) is 41.0 Å². The fraction of sp³-hybridized carbons (Fsp3) is 0.545. The standard InChI is InChI=1S/C22H29NO4/c1-22(2,3)27-21(25)23-20-16-8-9-17(20)13-18-11-14(5-7-15(18)12-16)6-10-19(24)26-4/h5-7,10-11,16-17,20H,8-9,12-13H2,1-4H3,(H,23,25)/b10-6+. The zero-order chi connectivity index (χ0) is 19.6. The molecular weight excluding hydrogens is 342 g/mol. The number of ether oxygens (including phenoxy) is 2. The second-order valence-corrected chi connectivity index (χ2v) is 8.56. The SMILES string of the molecule is COC(=O)/C=C/c1ccc2c(c1)CC1CCC(C2)C1NC(=O)OC(C)(C)C. The lowest BCUT2D eigenvalue weighted by molar-refractivity contribution is -0.134. The van der Waals surface area contributed by atoms with E-state index in [4.69, 9.17) is 4.74 Å². The van der Waals surface area contributed by atoms with E-state index in [9.17, 15) is 9.59 Å². The van der Waals surface area contributed by atoms with Crippen LogP contribution in [0, 0.1) is 11.8 Å². The summed E-state index contributed by atoms with van der Waals surface area (Å²) in [7, 11) is 1.37. The zero-order valence-corrected chi connectivity index (χ0v) is 16.6. The monoisotopic (exact) mass is 371 g/mol. The van der Waals surface area contributed by atoms with Crippen molar-refractivity contribution in [1.29, 1.82) is 0 Å². The third kappa shape index (κ3) is 4.90. The summed E-state index contributed by atoms with van der Waals surface area (Å²) in [5.74, 6) is 0.509.